The minimum atomic E-state index is -0.293. The number of aliphatic hydroxyl groups is 1. The van der Waals surface area contributed by atoms with Gasteiger partial charge in [-0.15, -0.1) is 0 Å². The van der Waals surface area contributed by atoms with E-state index < -0.39 is 0 Å². The highest BCUT2D eigenvalue weighted by Crippen LogP contribution is 2.34. The number of anilines is 4. The molecule has 0 spiro atoms. The highest BCUT2D eigenvalue weighted by atomic mass is 16.3. The monoisotopic (exact) mass is 513 g/mol. The first-order valence-electron chi connectivity index (χ1n) is 12.5. The van der Waals surface area contributed by atoms with Crippen molar-refractivity contribution in [1.29, 1.82) is 0 Å². The van der Waals surface area contributed by atoms with Gasteiger partial charge in [0, 0.05) is 69.0 Å². The number of hydrogen-bond donors (Lipinski definition) is 2. The van der Waals surface area contributed by atoms with Crippen molar-refractivity contribution in [3.05, 3.63) is 82.0 Å². The summed E-state index contributed by atoms with van der Waals surface area (Å²) in [5, 5.41) is 17.8. The van der Waals surface area contributed by atoms with E-state index in [1.165, 1.54) is 4.57 Å². The fourth-order valence-corrected chi connectivity index (χ4v) is 4.77. The maximum absolute atomic E-state index is 13.5. The van der Waals surface area contributed by atoms with E-state index in [1.807, 2.05) is 56.3 Å². The zero-order valence-corrected chi connectivity index (χ0v) is 22.0. The Balaban J connectivity index is 1.53. The van der Waals surface area contributed by atoms with Crippen LogP contribution in [0.1, 0.15) is 28.4 Å². The number of aliphatic hydroxyl groups excluding tert-OH is 1. The minimum absolute atomic E-state index is 0.105. The third-order valence-corrected chi connectivity index (χ3v) is 6.85. The van der Waals surface area contributed by atoms with Crippen molar-refractivity contribution in [2.45, 2.75) is 26.5 Å². The molecule has 0 bridgehead atoms. The SMILES string of the molecule is CCn1cc(Nc2nc(-c3cccc(N4CCc5cc(N(C)C)ccc5C4=O)c3CO)cn(C)c2=O)cn1. The predicted octanol–water partition coefficient (Wildman–Crippen LogP) is 3.17. The van der Waals surface area contributed by atoms with Crippen molar-refractivity contribution in [3.63, 3.8) is 0 Å². The Morgan fingerprint density at radius 2 is 1.92 bits per heavy atom. The van der Waals surface area contributed by atoms with Crippen molar-refractivity contribution >= 4 is 28.8 Å². The third kappa shape index (κ3) is 4.54. The maximum atomic E-state index is 13.5. The molecule has 0 fully saturated rings. The van der Waals surface area contributed by atoms with Gasteiger partial charge < -0.3 is 24.8 Å². The van der Waals surface area contributed by atoms with Crippen LogP contribution in [0.2, 0.25) is 0 Å². The molecule has 10 heteroatoms. The van der Waals surface area contributed by atoms with Crippen LogP contribution in [-0.2, 0) is 26.6 Å². The quantitative estimate of drug-likeness (QED) is 0.391. The van der Waals surface area contributed by atoms with Crippen molar-refractivity contribution in [2.75, 3.05) is 35.8 Å². The summed E-state index contributed by atoms with van der Waals surface area (Å²) in [6, 6.07) is 11.4. The van der Waals surface area contributed by atoms with Crippen molar-refractivity contribution in [1.82, 2.24) is 19.3 Å². The molecule has 2 N–H and O–H groups in total. The van der Waals surface area contributed by atoms with Gasteiger partial charge in [-0.2, -0.15) is 5.10 Å². The lowest BCUT2D eigenvalue weighted by Gasteiger charge is -2.31. The standard InChI is InChI=1S/C28H31N7O3/c1-5-34-15-19(14-29-34)30-26-28(38)33(4)16-24(31-26)22-7-6-8-25(23(22)17-36)35-12-11-18-13-20(32(2)3)9-10-21(18)27(35)37/h6-10,13-16,36H,5,11-12,17H2,1-4H3,(H,30,31). The third-order valence-electron chi connectivity index (χ3n) is 6.85. The molecular formula is C28H31N7O3. The van der Waals surface area contributed by atoms with Crippen LogP contribution in [0.25, 0.3) is 11.3 Å². The predicted molar refractivity (Wildman–Crippen MR) is 148 cm³/mol. The number of hydrogen-bond acceptors (Lipinski definition) is 7. The molecule has 5 rings (SSSR count). The highest BCUT2D eigenvalue weighted by Gasteiger charge is 2.28. The van der Waals surface area contributed by atoms with Gasteiger partial charge in [0.15, 0.2) is 5.82 Å². The van der Waals surface area contributed by atoms with Crippen LogP contribution in [-0.4, -0.2) is 51.0 Å². The van der Waals surface area contributed by atoms with Crippen molar-refractivity contribution < 1.29 is 9.90 Å². The molecule has 1 amide bonds. The zero-order valence-electron chi connectivity index (χ0n) is 22.0. The second kappa shape index (κ2) is 10.1. The topological polar surface area (TPSA) is 109 Å². The lowest BCUT2D eigenvalue weighted by Crippen LogP contribution is -2.38. The molecule has 2 aromatic carbocycles. The van der Waals surface area contributed by atoms with Gasteiger partial charge in [0.2, 0.25) is 0 Å². The van der Waals surface area contributed by atoms with Crippen LogP contribution in [0.5, 0.6) is 0 Å². The van der Waals surface area contributed by atoms with Crippen LogP contribution in [0, 0.1) is 0 Å². The maximum Gasteiger partial charge on any atom is 0.293 e. The Kier molecular flexibility index (Phi) is 6.73. The van der Waals surface area contributed by atoms with Crippen LogP contribution in [0.4, 0.5) is 22.9 Å². The van der Waals surface area contributed by atoms with E-state index in [-0.39, 0.29) is 23.9 Å². The van der Waals surface area contributed by atoms with E-state index in [2.05, 4.69) is 21.5 Å². The number of benzene rings is 2. The molecular weight excluding hydrogens is 482 g/mol. The minimum Gasteiger partial charge on any atom is -0.392 e. The first-order valence-corrected chi connectivity index (χ1v) is 12.5. The molecule has 0 unspecified atom stereocenters. The van der Waals surface area contributed by atoms with Gasteiger partial charge >= 0.3 is 0 Å². The first kappa shape index (κ1) is 25.2. The molecule has 0 atom stereocenters. The molecule has 4 aromatic rings. The Bertz CT molecular complexity index is 1570. The summed E-state index contributed by atoms with van der Waals surface area (Å²) in [5.41, 5.74) is 5.45. The van der Waals surface area contributed by atoms with Gasteiger partial charge in [0.25, 0.3) is 11.5 Å². The smallest absolute Gasteiger partial charge is 0.293 e. The Labute approximate surface area is 220 Å². The number of nitrogens with zero attached hydrogens (tertiary/aromatic N) is 6. The Morgan fingerprint density at radius 1 is 1.11 bits per heavy atom. The summed E-state index contributed by atoms with van der Waals surface area (Å²) in [4.78, 5) is 34.7. The number of amides is 1. The fraction of sp³-hybridized carbons (Fsp3) is 0.286. The first-order chi connectivity index (χ1) is 18.3. The molecule has 10 nitrogen and oxygen atoms in total. The van der Waals surface area contributed by atoms with E-state index in [4.69, 9.17) is 0 Å². The number of carbonyl (C=O) groups excluding carboxylic acids is 1. The molecule has 2 aromatic heterocycles. The second-order valence-corrected chi connectivity index (χ2v) is 9.50. The van der Waals surface area contributed by atoms with Gasteiger partial charge in [-0.05, 0) is 43.2 Å². The summed E-state index contributed by atoms with van der Waals surface area (Å²) >= 11 is 0. The molecule has 1 aliphatic rings. The normalized spacial score (nSPS) is 13.0. The van der Waals surface area contributed by atoms with Crippen LogP contribution in [0.15, 0.2) is 59.8 Å². The largest absolute Gasteiger partial charge is 0.392 e. The Hall–Kier alpha value is -4.44. The summed E-state index contributed by atoms with van der Waals surface area (Å²) in [5.74, 6) is 0.0433. The van der Waals surface area contributed by atoms with E-state index in [0.29, 0.717) is 53.3 Å². The molecule has 1 aliphatic heterocycles. The van der Waals surface area contributed by atoms with Gasteiger partial charge in [-0.25, -0.2) is 4.98 Å². The molecule has 3 heterocycles. The molecule has 196 valence electrons. The van der Waals surface area contributed by atoms with E-state index in [0.717, 1.165) is 11.3 Å². The van der Waals surface area contributed by atoms with Crippen LogP contribution < -0.4 is 20.7 Å². The summed E-state index contributed by atoms with van der Waals surface area (Å²) in [7, 11) is 5.61. The number of aryl methyl sites for hydroxylation is 2. The van der Waals surface area contributed by atoms with Gasteiger partial charge in [-0.3, -0.25) is 14.3 Å². The molecule has 0 radical (unpaired) electrons. The number of rotatable bonds is 7. The molecule has 0 saturated carbocycles. The molecule has 0 aliphatic carbocycles. The van der Waals surface area contributed by atoms with E-state index in [1.54, 1.807) is 35.2 Å². The fourth-order valence-electron chi connectivity index (χ4n) is 4.77. The average molecular weight is 514 g/mol. The lowest BCUT2D eigenvalue weighted by atomic mass is 9.95. The zero-order chi connectivity index (χ0) is 27.0. The highest BCUT2D eigenvalue weighted by molar-refractivity contribution is 6.09. The average Bonchev–Trinajstić information content (AvgIpc) is 3.38. The summed E-state index contributed by atoms with van der Waals surface area (Å²) in [6.45, 7) is 2.88. The Morgan fingerprint density at radius 3 is 2.63 bits per heavy atom. The van der Waals surface area contributed by atoms with Gasteiger partial charge in [0.1, 0.15) is 0 Å². The van der Waals surface area contributed by atoms with E-state index >= 15 is 0 Å². The van der Waals surface area contributed by atoms with E-state index in [9.17, 15) is 14.7 Å². The number of fused-ring (bicyclic) bond motifs is 1. The van der Waals surface area contributed by atoms with Crippen LogP contribution in [0.3, 0.4) is 0 Å². The van der Waals surface area contributed by atoms with Crippen LogP contribution >= 0.6 is 0 Å². The molecule has 38 heavy (non-hydrogen) atoms. The number of nitrogens with one attached hydrogen (secondary N) is 1. The van der Waals surface area contributed by atoms with Crippen molar-refractivity contribution in [2.24, 2.45) is 7.05 Å². The van der Waals surface area contributed by atoms with Gasteiger partial charge in [-0.1, -0.05) is 12.1 Å². The summed E-state index contributed by atoms with van der Waals surface area (Å²) < 4.78 is 3.20. The second-order valence-electron chi connectivity index (χ2n) is 9.50. The molecule has 0 saturated heterocycles. The summed E-state index contributed by atoms with van der Waals surface area (Å²) in [6.07, 6.45) is 5.78. The lowest BCUT2D eigenvalue weighted by molar-refractivity contribution is 0.0980. The number of carbonyl (C=O) groups is 1. The number of aromatic nitrogens is 4. The van der Waals surface area contributed by atoms with Gasteiger partial charge in [0.05, 0.1) is 29.9 Å². The van der Waals surface area contributed by atoms with Crippen molar-refractivity contribution in [3.8, 4) is 11.3 Å².